The van der Waals surface area contributed by atoms with Crippen molar-refractivity contribution >= 4 is 17.0 Å². The molecule has 0 aliphatic rings. The lowest BCUT2D eigenvalue weighted by Crippen LogP contribution is -2.17. The molecule has 1 aromatic carbocycles. The minimum atomic E-state index is -1.01. The number of para-hydroxylation sites is 1. The van der Waals surface area contributed by atoms with Crippen LogP contribution in [0.25, 0.3) is 10.9 Å². The van der Waals surface area contributed by atoms with Gasteiger partial charge in [0.2, 0.25) is 0 Å². The van der Waals surface area contributed by atoms with E-state index in [-0.39, 0.29) is 12.9 Å². The van der Waals surface area contributed by atoms with Crippen LogP contribution in [0.2, 0.25) is 0 Å². The van der Waals surface area contributed by atoms with Crippen LogP contribution in [0.1, 0.15) is 13.8 Å². The fourth-order valence-electron chi connectivity index (χ4n) is 1.85. The van der Waals surface area contributed by atoms with E-state index in [4.69, 9.17) is 12.2 Å². The summed E-state index contributed by atoms with van der Waals surface area (Å²) in [6, 6.07) is 7.04. The highest BCUT2D eigenvalue weighted by molar-refractivity contribution is 5.91. The van der Waals surface area contributed by atoms with Crippen LogP contribution in [0.3, 0.4) is 0 Å². The molecule has 0 saturated heterocycles. The van der Waals surface area contributed by atoms with Crippen LogP contribution in [0.5, 0.6) is 0 Å². The van der Waals surface area contributed by atoms with Crippen LogP contribution in [-0.2, 0) is 6.42 Å². The quantitative estimate of drug-likeness (QED) is 0.812. The van der Waals surface area contributed by atoms with Crippen LogP contribution in [-0.4, -0.2) is 21.8 Å². The first-order chi connectivity index (χ1) is 8.13. The zero-order chi connectivity index (χ0) is 12.4. The molecule has 2 rings (SSSR count). The van der Waals surface area contributed by atoms with E-state index in [0.717, 1.165) is 10.9 Å². The minimum absolute atomic E-state index is 0.132. The lowest BCUT2D eigenvalue weighted by molar-refractivity contribution is 0.197. The number of carboxylic acid groups (broad SMARTS) is 1. The zero-order valence-corrected chi connectivity index (χ0v) is 8.76. The number of aromatic nitrogens is 1. The van der Waals surface area contributed by atoms with Gasteiger partial charge in [0.15, 0.2) is 0 Å². The average molecular weight is 219 g/mol. The molecule has 16 heavy (non-hydrogen) atoms. The summed E-state index contributed by atoms with van der Waals surface area (Å²) < 4.78 is 8.40. The van der Waals surface area contributed by atoms with E-state index in [1.807, 2.05) is 12.1 Å². The highest BCUT2D eigenvalue weighted by Gasteiger charge is 2.12. The Morgan fingerprint density at radius 1 is 1.62 bits per heavy atom. The molecule has 0 radical (unpaired) electrons. The molecule has 0 aliphatic heterocycles. The maximum atomic E-state index is 11.1. The fraction of sp³-hybridized carbons (Fsp3) is 0.250. The molecule has 1 aromatic heterocycles. The summed E-state index contributed by atoms with van der Waals surface area (Å²) in [6.07, 6.45) is 1.10. The normalized spacial score (nSPS) is 13.7. The van der Waals surface area contributed by atoms with Gasteiger partial charge in [-0.05, 0) is 25.0 Å². The molecular weight excluding hydrogens is 204 g/mol. The van der Waals surface area contributed by atoms with E-state index in [0.29, 0.717) is 11.9 Å². The second kappa shape index (κ2) is 3.98. The van der Waals surface area contributed by atoms with Gasteiger partial charge < -0.3 is 10.8 Å². The van der Waals surface area contributed by atoms with Gasteiger partial charge in [0.25, 0.3) is 0 Å². The zero-order valence-electron chi connectivity index (χ0n) is 9.76. The topological polar surface area (TPSA) is 68.2 Å². The van der Waals surface area contributed by atoms with Crippen LogP contribution >= 0.6 is 0 Å². The molecule has 4 heteroatoms. The van der Waals surface area contributed by atoms with Crippen molar-refractivity contribution in [3.63, 3.8) is 0 Å². The number of hydrogen-bond donors (Lipinski definition) is 2. The molecule has 0 fully saturated rings. The summed E-state index contributed by atoms with van der Waals surface area (Å²) in [5.41, 5.74) is 7.27. The average Bonchev–Trinajstić information content (AvgIpc) is 2.68. The number of fused-ring (bicyclic) bond motifs is 1. The van der Waals surface area contributed by atoms with Crippen LogP contribution < -0.4 is 5.73 Å². The van der Waals surface area contributed by atoms with Crippen molar-refractivity contribution in [2.24, 2.45) is 5.73 Å². The van der Waals surface area contributed by atoms with E-state index < -0.39 is 6.09 Å². The second-order valence-corrected chi connectivity index (χ2v) is 3.79. The Bertz CT molecular complexity index is 550. The van der Waals surface area contributed by atoms with Gasteiger partial charge in [-0.25, -0.2) is 4.79 Å². The molecule has 0 aliphatic carbocycles. The molecule has 0 amide bonds. The maximum absolute atomic E-state index is 11.1. The predicted molar refractivity (Wildman–Crippen MR) is 62.7 cm³/mol. The Morgan fingerprint density at radius 3 is 3.06 bits per heavy atom. The van der Waals surface area contributed by atoms with Gasteiger partial charge in [0.1, 0.15) is 0 Å². The number of carbonyl (C=O) groups is 1. The number of benzene rings is 1. The number of hydrogen-bond acceptors (Lipinski definition) is 2. The Labute approximate surface area is 94.7 Å². The summed E-state index contributed by atoms with van der Waals surface area (Å²) in [5.74, 6) is 0. The molecule has 0 unspecified atom stereocenters. The van der Waals surface area contributed by atoms with Crippen molar-refractivity contribution in [1.29, 1.82) is 0 Å². The Balaban J connectivity index is 2.52. The third kappa shape index (κ3) is 1.79. The minimum Gasteiger partial charge on any atom is -0.464 e. The summed E-state index contributed by atoms with van der Waals surface area (Å²) >= 11 is 0. The Kier molecular flexibility index (Phi) is 2.34. The first-order valence-electron chi connectivity index (χ1n) is 5.71. The van der Waals surface area contributed by atoms with Gasteiger partial charge in [-0.3, -0.25) is 4.57 Å². The first-order valence-corrected chi connectivity index (χ1v) is 5.00. The van der Waals surface area contributed by atoms with Gasteiger partial charge in [-0.2, -0.15) is 0 Å². The van der Waals surface area contributed by atoms with E-state index >= 15 is 0 Å². The van der Waals surface area contributed by atoms with Crippen molar-refractivity contribution in [2.75, 3.05) is 0 Å². The number of nitrogens with two attached hydrogens (primary N) is 1. The smallest absolute Gasteiger partial charge is 0.416 e. The standard InChI is InChI=1S/C12H14N2O2/c1-8(13)6-9-7-14(12(15)16)11-5-3-2-4-10(9)11/h2-5,7-8H,6,13H2,1H3,(H,15,16)/t8-/m1/s1/i1D. The van der Waals surface area contributed by atoms with E-state index in [1.54, 1.807) is 18.3 Å². The molecule has 4 nitrogen and oxygen atoms in total. The van der Waals surface area contributed by atoms with Gasteiger partial charge in [0.05, 0.1) is 5.52 Å². The van der Waals surface area contributed by atoms with Crippen molar-refractivity contribution in [1.82, 2.24) is 4.57 Å². The first kappa shape index (κ1) is 9.42. The van der Waals surface area contributed by atoms with Crippen LogP contribution in [0.4, 0.5) is 4.79 Å². The van der Waals surface area contributed by atoms with Gasteiger partial charge >= 0.3 is 6.09 Å². The highest BCUT2D eigenvalue weighted by Crippen LogP contribution is 2.22. The lowest BCUT2D eigenvalue weighted by atomic mass is 10.1. The second-order valence-electron chi connectivity index (χ2n) is 3.79. The number of nitrogens with zero attached hydrogens (tertiary/aromatic N) is 1. The van der Waals surface area contributed by atoms with Gasteiger partial charge in [-0.15, -0.1) is 0 Å². The SMILES string of the molecule is [2H]C[C@@H](N)Cc1cn(C(=O)O)c2ccccc12. The largest absolute Gasteiger partial charge is 0.464 e. The summed E-state index contributed by atoms with van der Waals surface area (Å²) in [5, 5.41) is 9.97. The molecule has 1 atom stereocenters. The third-order valence-corrected chi connectivity index (χ3v) is 2.48. The molecule has 84 valence electrons. The molecule has 3 N–H and O–H groups in total. The van der Waals surface area contributed by atoms with E-state index in [1.165, 1.54) is 4.57 Å². The number of rotatable bonds is 2. The van der Waals surface area contributed by atoms with Crippen molar-refractivity contribution < 1.29 is 11.3 Å². The Morgan fingerprint density at radius 2 is 2.38 bits per heavy atom. The van der Waals surface area contributed by atoms with Gasteiger partial charge in [-0.1, -0.05) is 18.2 Å². The monoisotopic (exact) mass is 219 g/mol. The molecule has 2 aromatic rings. The van der Waals surface area contributed by atoms with Crippen molar-refractivity contribution in [3.8, 4) is 0 Å². The molecule has 1 heterocycles. The molecular formula is C12H14N2O2. The Hall–Kier alpha value is -1.81. The third-order valence-electron chi connectivity index (χ3n) is 2.48. The summed E-state index contributed by atoms with van der Waals surface area (Å²) in [4.78, 5) is 11.1. The van der Waals surface area contributed by atoms with Gasteiger partial charge in [0, 0.05) is 19.0 Å². The fourth-order valence-corrected chi connectivity index (χ4v) is 1.85. The molecule has 0 saturated carbocycles. The van der Waals surface area contributed by atoms with E-state index in [9.17, 15) is 4.79 Å². The van der Waals surface area contributed by atoms with E-state index in [2.05, 4.69) is 0 Å². The predicted octanol–water partition coefficient (Wildman–Crippen LogP) is 2.06. The van der Waals surface area contributed by atoms with Crippen molar-refractivity contribution in [2.45, 2.75) is 19.4 Å². The molecule has 0 bridgehead atoms. The highest BCUT2D eigenvalue weighted by atomic mass is 16.4. The summed E-state index contributed by atoms with van der Waals surface area (Å²) in [6.45, 7) is 0.132. The lowest BCUT2D eigenvalue weighted by Gasteiger charge is -2.02. The van der Waals surface area contributed by atoms with Crippen molar-refractivity contribution in [3.05, 3.63) is 36.0 Å². The molecule has 0 spiro atoms. The summed E-state index contributed by atoms with van der Waals surface area (Å²) in [7, 11) is 0. The van der Waals surface area contributed by atoms with Crippen LogP contribution in [0, 0.1) is 0 Å². The van der Waals surface area contributed by atoms with Crippen LogP contribution in [0.15, 0.2) is 30.5 Å². The maximum Gasteiger partial charge on any atom is 0.416 e.